The molecular weight excluding hydrogens is 252 g/mol. The first-order chi connectivity index (χ1) is 9.78. The molecule has 1 unspecified atom stereocenters. The van der Waals surface area contributed by atoms with E-state index in [0.29, 0.717) is 5.69 Å². The average molecular weight is 270 g/mol. The molecule has 0 radical (unpaired) electrons. The van der Waals surface area contributed by atoms with Crippen molar-refractivity contribution in [1.29, 1.82) is 0 Å². The third-order valence-corrected chi connectivity index (χ3v) is 4.45. The molecule has 5 nitrogen and oxygen atoms in total. The highest BCUT2D eigenvalue weighted by Gasteiger charge is 2.33. The van der Waals surface area contributed by atoms with Crippen LogP contribution in [-0.4, -0.2) is 45.9 Å². The lowest BCUT2D eigenvalue weighted by atomic mass is 9.97. The molecule has 2 aliphatic rings. The quantitative estimate of drug-likeness (QED) is 0.891. The lowest BCUT2D eigenvalue weighted by Crippen LogP contribution is -2.47. The maximum atomic E-state index is 12.3. The summed E-state index contributed by atoms with van der Waals surface area (Å²) in [6.45, 7) is 3.38. The molecule has 4 rings (SSSR count). The first-order valence-electron chi connectivity index (χ1n) is 7.24. The zero-order chi connectivity index (χ0) is 13.5. The molecule has 1 amide bonds. The molecule has 2 saturated heterocycles. The standard InChI is InChI=1S/C15H18N4O/c20-15(14-7-13-2-1-4-19(13)10-16-14)17-12-6-11-3-5-18(8-11)9-12/h1-2,4,7,10-12H,3,5-6,8-9H2,(H,17,20)/t11-,12-/m1/s1. The number of hydrogen-bond acceptors (Lipinski definition) is 3. The van der Waals surface area contributed by atoms with Crippen molar-refractivity contribution >= 4 is 11.4 Å². The van der Waals surface area contributed by atoms with Crippen molar-refractivity contribution in [2.24, 2.45) is 5.92 Å². The Kier molecular flexibility index (Phi) is 2.73. The van der Waals surface area contributed by atoms with Crippen LogP contribution in [0.4, 0.5) is 0 Å². The van der Waals surface area contributed by atoms with Gasteiger partial charge in [-0.15, -0.1) is 0 Å². The SMILES string of the molecule is O=C(N[C@@H]1C[C@H]2CCN(C2)C1)c1cc2cccn2cn1. The summed E-state index contributed by atoms with van der Waals surface area (Å²) < 4.78 is 1.91. The molecule has 104 valence electrons. The van der Waals surface area contributed by atoms with Gasteiger partial charge in [0.05, 0.1) is 6.33 Å². The van der Waals surface area contributed by atoms with Crippen LogP contribution in [0, 0.1) is 5.92 Å². The minimum absolute atomic E-state index is 0.0544. The highest BCUT2D eigenvalue weighted by molar-refractivity contribution is 5.93. The van der Waals surface area contributed by atoms with Crippen molar-refractivity contribution in [3.05, 3.63) is 36.4 Å². The number of nitrogens with zero attached hydrogens (tertiary/aromatic N) is 3. The largest absolute Gasteiger partial charge is 0.347 e. The molecule has 2 aliphatic heterocycles. The van der Waals surface area contributed by atoms with E-state index >= 15 is 0 Å². The van der Waals surface area contributed by atoms with Crippen molar-refractivity contribution in [3.8, 4) is 0 Å². The molecule has 0 aliphatic carbocycles. The van der Waals surface area contributed by atoms with Gasteiger partial charge in [-0.1, -0.05) is 0 Å². The molecule has 2 aromatic heterocycles. The second-order valence-corrected chi connectivity index (χ2v) is 5.93. The van der Waals surface area contributed by atoms with Gasteiger partial charge in [0.15, 0.2) is 0 Å². The van der Waals surface area contributed by atoms with Gasteiger partial charge in [-0.25, -0.2) is 4.98 Å². The van der Waals surface area contributed by atoms with Crippen LogP contribution in [-0.2, 0) is 0 Å². The van der Waals surface area contributed by atoms with E-state index in [1.807, 2.05) is 28.8 Å². The minimum Gasteiger partial charge on any atom is -0.347 e. The summed E-state index contributed by atoms with van der Waals surface area (Å²) in [4.78, 5) is 19.0. The second kappa shape index (κ2) is 4.59. The summed E-state index contributed by atoms with van der Waals surface area (Å²) in [6.07, 6.45) is 6.00. The Bertz CT molecular complexity index is 638. The van der Waals surface area contributed by atoms with Gasteiger partial charge in [0.25, 0.3) is 5.91 Å². The van der Waals surface area contributed by atoms with Crippen LogP contribution < -0.4 is 5.32 Å². The summed E-state index contributed by atoms with van der Waals surface area (Å²) in [5, 5.41) is 3.14. The van der Waals surface area contributed by atoms with Gasteiger partial charge in [0.1, 0.15) is 5.69 Å². The van der Waals surface area contributed by atoms with E-state index in [1.165, 1.54) is 19.5 Å². The summed E-state index contributed by atoms with van der Waals surface area (Å²) >= 11 is 0. The smallest absolute Gasteiger partial charge is 0.270 e. The topological polar surface area (TPSA) is 49.6 Å². The third-order valence-electron chi connectivity index (χ3n) is 4.45. The van der Waals surface area contributed by atoms with Crippen LogP contribution in [0.15, 0.2) is 30.7 Å². The molecule has 0 saturated carbocycles. The number of fused-ring (bicyclic) bond motifs is 3. The normalized spacial score (nSPS) is 28.7. The number of nitrogens with one attached hydrogen (secondary N) is 1. The molecule has 2 bridgehead atoms. The minimum atomic E-state index is -0.0544. The molecule has 5 heteroatoms. The number of hydrogen-bond donors (Lipinski definition) is 1. The summed E-state index contributed by atoms with van der Waals surface area (Å²) in [5.74, 6) is 0.705. The van der Waals surface area contributed by atoms with Crippen LogP contribution in [0.5, 0.6) is 0 Å². The number of carbonyl (C=O) groups excluding carboxylic acids is 1. The molecule has 1 N–H and O–H groups in total. The fourth-order valence-corrected chi connectivity index (χ4v) is 3.48. The number of aromatic nitrogens is 2. The summed E-state index contributed by atoms with van der Waals surface area (Å²) in [7, 11) is 0. The lowest BCUT2D eigenvalue weighted by Gasteiger charge is -2.30. The van der Waals surface area contributed by atoms with Gasteiger partial charge in [-0.2, -0.15) is 0 Å². The first-order valence-corrected chi connectivity index (χ1v) is 7.24. The van der Waals surface area contributed by atoms with Crippen LogP contribution in [0.3, 0.4) is 0 Å². The molecule has 0 spiro atoms. The van der Waals surface area contributed by atoms with Crippen LogP contribution >= 0.6 is 0 Å². The molecule has 20 heavy (non-hydrogen) atoms. The maximum absolute atomic E-state index is 12.3. The molecule has 4 heterocycles. The highest BCUT2D eigenvalue weighted by Crippen LogP contribution is 2.26. The number of carbonyl (C=O) groups is 1. The lowest BCUT2D eigenvalue weighted by molar-refractivity contribution is 0.0904. The Labute approximate surface area is 117 Å². The van der Waals surface area contributed by atoms with Crippen molar-refractivity contribution in [1.82, 2.24) is 19.6 Å². The van der Waals surface area contributed by atoms with E-state index in [2.05, 4.69) is 15.2 Å². The number of piperidine rings is 1. The van der Waals surface area contributed by atoms with Gasteiger partial charge < -0.3 is 14.6 Å². The molecular formula is C15H18N4O. The Morgan fingerprint density at radius 3 is 3.25 bits per heavy atom. The average Bonchev–Trinajstić information content (AvgIpc) is 3.04. The van der Waals surface area contributed by atoms with E-state index in [1.54, 1.807) is 6.33 Å². The first kappa shape index (κ1) is 11.9. The van der Waals surface area contributed by atoms with Crippen LogP contribution in [0.25, 0.3) is 5.52 Å². The highest BCUT2D eigenvalue weighted by atomic mass is 16.1. The van der Waals surface area contributed by atoms with Gasteiger partial charge in [0, 0.05) is 30.8 Å². The fourth-order valence-electron chi connectivity index (χ4n) is 3.48. The van der Waals surface area contributed by atoms with Crippen molar-refractivity contribution in [2.75, 3.05) is 19.6 Å². The molecule has 0 aromatic carbocycles. The van der Waals surface area contributed by atoms with E-state index in [9.17, 15) is 4.79 Å². The molecule has 2 aromatic rings. The van der Waals surface area contributed by atoms with Crippen molar-refractivity contribution < 1.29 is 4.79 Å². The van der Waals surface area contributed by atoms with Gasteiger partial charge >= 0.3 is 0 Å². The summed E-state index contributed by atoms with van der Waals surface area (Å²) in [5.41, 5.74) is 1.50. The Morgan fingerprint density at radius 2 is 2.35 bits per heavy atom. The Hall–Kier alpha value is -1.88. The molecule has 3 atom stereocenters. The van der Waals surface area contributed by atoms with E-state index in [0.717, 1.165) is 24.4 Å². The number of rotatable bonds is 2. The maximum Gasteiger partial charge on any atom is 0.270 e. The zero-order valence-electron chi connectivity index (χ0n) is 11.3. The van der Waals surface area contributed by atoms with E-state index in [-0.39, 0.29) is 11.9 Å². The van der Waals surface area contributed by atoms with Crippen LogP contribution in [0.1, 0.15) is 23.3 Å². The fraction of sp³-hybridized carbons (Fsp3) is 0.467. The Morgan fingerprint density at radius 1 is 1.40 bits per heavy atom. The van der Waals surface area contributed by atoms with Gasteiger partial charge in [0.2, 0.25) is 0 Å². The predicted octanol–water partition coefficient (Wildman–Crippen LogP) is 1.16. The summed E-state index contributed by atoms with van der Waals surface area (Å²) in [6, 6.07) is 6.04. The number of amides is 1. The van der Waals surface area contributed by atoms with Crippen molar-refractivity contribution in [2.45, 2.75) is 18.9 Å². The van der Waals surface area contributed by atoms with E-state index < -0.39 is 0 Å². The van der Waals surface area contributed by atoms with Gasteiger partial charge in [-0.05, 0) is 43.5 Å². The zero-order valence-corrected chi connectivity index (χ0v) is 11.3. The monoisotopic (exact) mass is 270 g/mol. The Balaban J connectivity index is 1.49. The second-order valence-electron chi connectivity index (χ2n) is 5.93. The van der Waals surface area contributed by atoms with Gasteiger partial charge in [-0.3, -0.25) is 4.79 Å². The molecule has 2 fully saturated rings. The predicted molar refractivity (Wildman–Crippen MR) is 75.6 cm³/mol. The van der Waals surface area contributed by atoms with Crippen molar-refractivity contribution in [3.63, 3.8) is 0 Å². The van der Waals surface area contributed by atoms with E-state index in [4.69, 9.17) is 0 Å². The van der Waals surface area contributed by atoms with Crippen LogP contribution in [0.2, 0.25) is 0 Å². The third kappa shape index (κ3) is 2.08.